The monoisotopic (exact) mass is 312 g/mol. The van der Waals surface area contributed by atoms with Crippen LogP contribution in [0.2, 0.25) is 10.0 Å². The van der Waals surface area contributed by atoms with Gasteiger partial charge in [-0.15, -0.1) is 0 Å². The maximum atomic E-state index is 6.17. The van der Waals surface area contributed by atoms with Gasteiger partial charge in [-0.25, -0.2) is 0 Å². The number of nitrogens with zero attached hydrogens (tertiary/aromatic N) is 1. The molecule has 3 nitrogen and oxygen atoms in total. The molecule has 0 amide bonds. The van der Waals surface area contributed by atoms with Gasteiger partial charge in [-0.2, -0.15) is 0 Å². The van der Waals surface area contributed by atoms with Crippen LogP contribution in [0.3, 0.4) is 0 Å². The second-order valence-electron chi connectivity index (χ2n) is 4.84. The number of nitrogens with one attached hydrogen (secondary N) is 1. The molecule has 20 heavy (non-hydrogen) atoms. The van der Waals surface area contributed by atoms with E-state index in [2.05, 4.69) is 10.2 Å². The molecule has 0 aliphatic carbocycles. The van der Waals surface area contributed by atoms with E-state index in [1.807, 2.05) is 38.4 Å². The SMILES string of the molecule is CN(C)C(CNCc1cccc(Cl)c1Cl)c1ccco1. The molecule has 0 saturated heterocycles. The minimum Gasteiger partial charge on any atom is -0.468 e. The highest BCUT2D eigenvalue weighted by Gasteiger charge is 2.16. The molecule has 0 radical (unpaired) electrons. The third-order valence-electron chi connectivity index (χ3n) is 3.18. The van der Waals surface area contributed by atoms with E-state index >= 15 is 0 Å². The molecule has 1 heterocycles. The molecule has 1 atom stereocenters. The van der Waals surface area contributed by atoms with E-state index in [0.717, 1.165) is 17.9 Å². The highest BCUT2D eigenvalue weighted by molar-refractivity contribution is 6.42. The molecular formula is C15H18Cl2N2O. The number of hydrogen-bond acceptors (Lipinski definition) is 3. The van der Waals surface area contributed by atoms with Crippen molar-refractivity contribution in [3.05, 3.63) is 58.0 Å². The van der Waals surface area contributed by atoms with Crippen LogP contribution in [0.5, 0.6) is 0 Å². The lowest BCUT2D eigenvalue weighted by Crippen LogP contribution is -2.30. The molecule has 5 heteroatoms. The highest BCUT2D eigenvalue weighted by atomic mass is 35.5. The Morgan fingerprint density at radius 3 is 2.65 bits per heavy atom. The molecule has 0 fully saturated rings. The van der Waals surface area contributed by atoms with Crippen molar-refractivity contribution in [2.75, 3.05) is 20.6 Å². The average molecular weight is 313 g/mol. The van der Waals surface area contributed by atoms with Gasteiger partial charge in [0.25, 0.3) is 0 Å². The molecule has 108 valence electrons. The number of halogens is 2. The van der Waals surface area contributed by atoms with Crippen LogP contribution in [0, 0.1) is 0 Å². The maximum Gasteiger partial charge on any atom is 0.122 e. The van der Waals surface area contributed by atoms with E-state index in [9.17, 15) is 0 Å². The van der Waals surface area contributed by atoms with Gasteiger partial charge in [0.2, 0.25) is 0 Å². The largest absolute Gasteiger partial charge is 0.468 e. The molecule has 0 saturated carbocycles. The summed E-state index contributed by atoms with van der Waals surface area (Å²) in [6, 6.07) is 9.74. The molecular weight excluding hydrogens is 295 g/mol. The Bertz CT molecular complexity index is 541. The Balaban J connectivity index is 1.96. The minimum atomic E-state index is 0.183. The summed E-state index contributed by atoms with van der Waals surface area (Å²) >= 11 is 12.2. The second kappa shape index (κ2) is 7.14. The summed E-state index contributed by atoms with van der Waals surface area (Å²) in [5.41, 5.74) is 0.996. The van der Waals surface area contributed by atoms with Crippen LogP contribution in [0.15, 0.2) is 41.0 Å². The molecule has 1 N–H and O–H groups in total. The van der Waals surface area contributed by atoms with Gasteiger partial charge in [-0.3, -0.25) is 4.90 Å². The van der Waals surface area contributed by atoms with E-state index < -0.39 is 0 Å². The van der Waals surface area contributed by atoms with E-state index in [0.29, 0.717) is 16.6 Å². The Morgan fingerprint density at radius 1 is 1.20 bits per heavy atom. The van der Waals surface area contributed by atoms with Crippen LogP contribution in [-0.4, -0.2) is 25.5 Å². The van der Waals surface area contributed by atoms with Gasteiger partial charge in [0.05, 0.1) is 22.4 Å². The van der Waals surface area contributed by atoms with E-state index in [4.69, 9.17) is 27.6 Å². The standard InChI is InChI=1S/C15H18Cl2N2O/c1-19(2)13(14-7-4-8-20-14)10-18-9-11-5-3-6-12(16)15(11)17/h3-8,13,18H,9-10H2,1-2H3. The fraction of sp³-hybridized carbons (Fsp3) is 0.333. The van der Waals surface area contributed by atoms with Crippen LogP contribution < -0.4 is 5.32 Å². The molecule has 1 aromatic heterocycles. The number of rotatable bonds is 6. The fourth-order valence-corrected chi connectivity index (χ4v) is 2.43. The third-order valence-corrected chi connectivity index (χ3v) is 4.04. The third kappa shape index (κ3) is 3.76. The van der Waals surface area contributed by atoms with E-state index in [-0.39, 0.29) is 6.04 Å². The number of likely N-dealkylation sites (N-methyl/N-ethyl adjacent to an activating group) is 1. The molecule has 0 bridgehead atoms. The Labute approximate surface area is 129 Å². The van der Waals surface area contributed by atoms with Crippen LogP contribution in [0.4, 0.5) is 0 Å². The molecule has 2 aromatic rings. The lowest BCUT2D eigenvalue weighted by molar-refractivity contribution is 0.250. The summed E-state index contributed by atoms with van der Waals surface area (Å²) < 4.78 is 5.47. The topological polar surface area (TPSA) is 28.4 Å². The van der Waals surface area contributed by atoms with Gasteiger partial charge in [0.15, 0.2) is 0 Å². The van der Waals surface area contributed by atoms with Crippen molar-refractivity contribution in [2.24, 2.45) is 0 Å². The summed E-state index contributed by atoms with van der Waals surface area (Å²) in [6.45, 7) is 1.44. The van der Waals surface area contributed by atoms with Gasteiger partial charge >= 0.3 is 0 Å². The van der Waals surface area contributed by atoms with Crippen LogP contribution in [-0.2, 0) is 6.54 Å². The quantitative estimate of drug-likeness (QED) is 0.874. The molecule has 1 unspecified atom stereocenters. The van der Waals surface area contributed by atoms with Gasteiger partial charge in [-0.05, 0) is 37.9 Å². The first kappa shape index (κ1) is 15.4. The number of hydrogen-bond donors (Lipinski definition) is 1. The summed E-state index contributed by atoms with van der Waals surface area (Å²) in [7, 11) is 4.06. The molecule has 2 rings (SSSR count). The summed E-state index contributed by atoms with van der Waals surface area (Å²) in [4.78, 5) is 2.12. The van der Waals surface area contributed by atoms with Crippen molar-refractivity contribution >= 4 is 23.2 Å². The minimum absolute atomic E-state index is 0.183. The van der Waals surface area contributed by atoms with E-state index in [1.54, 1.807) is 12.3 Å². The average Bonchev–Trinajstić information content (AvgIpc) is 2.92. The molecule has 0 aliphatic heterocycles. The van der Waals surface area contributed by atoms with Crippen molar-refractivity contribution in [3.63, 3.8) is 0 Å². The Kier molecular flexibility index (Phi) is 5.49. The van der Waals surface area contributed by atoms with Crippen LogP contribution in [0.25, 0.3) is 0 Å². The van der Waals surface area contributed by atoms with Gasteiger partial charge < -0.3 is 9.73 Å². The summed E-state index contributed by atoms with van der Waals surface area (Å²) in [6.07, 6.45) is 1.69. The summed E-state index contributed by atoms with van der Waals surface area (Å²) in [5, 5.41) is 4.59. The highest BCUT2D eigenvalue weighted by Crippen LogP contribution is 2.25. The first-order chi connectivity index (χ1) is 9.59. The lowest BCUT2D eigenvalue weighted by atomic mass is 10.2. The normalized spacial score (nSPS) is 12.8. The molecule has 0 spiro atoms. The zero-order valence-corrected chi connectivity index (χ0v) is 13.1. The van der Waals surface area contributed by atoms with Crippen molar-refractivity contribution in [1.29, 1.82) is 0 Å². The first-order valence-corrected chi connectivity index (χ1v) is 7.18. The van der Waals surface area contributed by atoms with Crippen LogP contribution in [0.1, 0.15) is 17.4 Å². The zero-order chi connectivity index (χ0) is 14.5. The predicted molar refractivity (Wildman–Crippen MR) is 83.3 cm³/mol. The maximum absolute atomic E-state index is 6.17. The van der Waals surface area contributed by atoms with Crippen molar-refractivity contribution < 1.29 is 4.42 Å². The van der Waals surface area contributed by atoms with Crippen LogP contribution >= 0.6 is 23.2 Å². The van der Waals surface area contributed by atoms with E-state index in [1.165, 1.54) is 0 Å². The van der Waals surface area contributed by atoms with Crippen molar-refractivity contribution in [2.45, 2.75) is 12.6 Å². The number of benzene rings is 1. The molecule has 0 aliphatic rings. The smallest absolute Gasteiger partial charge is 0.122 e. The van der Waals surface area contributed by atoms with Crippen molar-refractivity contribution in [1.82, 2.24) is 10.2 Å². The number of furan rings is 1. The second-order valence-corrected chi connectivity index (χ2v) is 5.62. The zero-order valence-electron chi connectivity index (χ0n) is 11.6. The lowest BCUT2D eigenvalue weighted by Gasteiger charge is -2.22. The van der Waals surface area contributed by atoms with Gasteiger partial charge in [0, 0.05) is 13.1 Å². The van der Waals surface area contributed by atoms with Crippen molar-refractivity contribution in [3.8, 4) is 0 Å². The Morgan fingerprint density at radius 2 is 2.00 bits per heavy atom. The van der Waals surface area contributed by atoms with Gasteiger partial charge in [-0.1, -0.05) is 35.3 Å². The first-order valence-electron chi connectivity index (χ1n) is 6.43. The van der Waals surface area contributed by atoms with Gasteiger partial charge in [0.1, 0.15) is 5.76 Å². The summed E-state index contributed by atoms with van der Waals surface area (Å²) in [5.74, 6) is 0.944. The predicted octanol–water partition coefficient (Wildman–Crippen LogP) is 3.98. The molecule has 1 aromatic carbocycles. The Hall–Kier alpha value is -1.00. The fourth-order valence-electron chi connectivity index (χ4n) is 2.05.